The van der Waals surface area contributed by atoms with Crippen LogP contribution >= 0.6 is 11.8 Å². The second-order valence-corrected chi connectivity index (χ2v) is 6.18. The highest BCUT2D eigenvalue weighted by Crippen LogP contribution is 2.37. The number of para-hydroxylation sites is 1. The normalized spacial score (nSPS) is 14.5. The third-order valence-corrected chi connectivity index (χ3v) is 4.40. The third kappa shape index (κ3) is 2.88. The third-order valence-electron chi connectivity index (χ3n) is 3.31. The van der Waals surface area contributed by atoms with Crippen LogP contribution in [0.15, 0.2) is 45.8 Å². The summed E-state index contributed by atoms with van der Waals surface area (Å²) in [4.78, 5) is 16.0. The molecule has 0 spiro atoms. The number of carbonyl (C=O) groups is 1. The lowest BCUT2D eigenvalue weighted by Gasteiger charge is -2.07. The molecule has 0 saturated heterocycles. The molecule has 0 radical (unpaired) electrons. The fourth-order valence-corrected chi connectivity index (χ4v) is 3.26. The van der Waals surface area contributed by atoms with E-state index in [0.717, 1.165) is 22.9 Å². The van der Waals surface area contributed by atoms with Gasteiger partial charge in [-0.1, -0.05) is 30.0 Å². The summed E-state index contributed by atoms with van der Waals surface area (Å²) in [5, 5.41) is 1.16. The number of ether oxygens (including phenoxy) is 1. The van der Waals surface area contributed by atoms with Crippen molar-refractivity contribution in [1.29, 1.82) is 0 Å². The molecule has 0 saturated carbocycles. The number of furan rings is 1. The van der Waals surface area contributed by atoms with E-state index >= 15 is 0 Å². The Balaban J connectivity index is 1.69. The van der Waals surface area contributed by atoms with Crippen molar-refractivity contribution >= 4 is 28.5 Å². The van der Waals surface area contributed by atoms with Gasteiger partial charge in [0, 0.05) is 6.42 Å². The maximum absolute atomic E-state index is 11.4. The summed E-state index contributed by atoms with van der Waals surface area (Å²) < 4.78 is 10.2. The van der Waals surface area contributed by atoms with Gasteiger partial charge in [0.25, 0.3) is 0 Å². The van der Waals surface area contributed by atoms with Crippen LogP contribution in [-0.4, -0.2) is 18.1 Å². The Morgan fingerprint density at radius 1 is 1.33 bits per heavy atom. The Bertz CT molecular complexity index is 705. The minimum absolute atomic E-state index is 0.0940. The summed E-state index contributed by atoms with van der Waals surface area (Å²) in [6.07, 6.45) is 0.857. The Hall–Kier alpha value is -2.01. The number of esters is 1. The zero-order valence-electron chi connectivity index (χ0n) is 11.8. The zero-order chi connectivity index (χ0) is 14.8. The maximum Gasteiger partial charge on any atom is 0.373 e. The van der Waals surface area contributed by atoms with Crippen LogP contribution < -0.4 is 0 Å². The van der Waals surface area contributed by atoms with Gasteiger partial charge in [-0.2, -0.15) is 0 Å². The standard InChI is InChI=1S/C16H15NO3S/c1-10(13-7-8-14(20-13)16(18)19-2)21-15-9-11-5-3-4-6-12(11)17-15/h3-8,10H,9H2,1-2H3. The first-order chi connectivity index (χ1) is 10.2. The molecule has 4 nitrogen and oxygen atoms in total. The van der Waals surface area contributed by atoms with Crippen molar-refractivity contribution in [2.75, 3.05) is 7.11 Å². The monoisotopic (exact) mass is 301 g/mol. The number of carbonyl (C=O) groups excluding carboxylic acids is 1. The van der Waals surface area contributed by atoms with Gasteiger partial charge < -0.3 is 9.15 Å². The maximum atomic E-state index is 11.4. The Labute approximate surface area is 127 Å². The quantitative estimate of drug-likeness (QED) is 0.799. The van der Waals surface area contributed by atoms with E-state index in [0.29, 0.717) is 0 Å². The van der Waals surface area contributed by atoms with Crippen LogP contribution in [0.25, 0.3) is 0 Å². The van der Waals surface area contributed by atoms with Crippen molar-refractivity contribution in [1.82, 2.24) is 0 Å². The number of fused-ring (bicyclic) bond motifs is 1. The van der Waals surface area contributed by atoms with Crippen molar-refractivity contribution in [3.63, 3.8) is 0 Å². The molecule has 1 aromatic carbocycles. The molecular formula is C16H15NO3S. The topological polar surface area (TPSA) is 51.8 Å². The molecule has 1 aromatic heterocycles. The minimum Gasteiger partial charge on any atom is -0.463 e. The molecule has 0 aliphatic carbocycles. The highest BCUT2D eigenvalue weighted by atomic mass is 32.2. The lowest BCUT2D eigenvalue weighted by atomic mass is 10.2. The predicted octanol–water partition coefficient (Wildman–Crippen LogP) is 4.15. The molecule has 0 N–H and O–H groups in total. The van der Waals surface area contributed by atoms with Crippen LogP contribution in [0.5, 0.6) is 0 Å². The SMILES string of the molecule is COC(=O)c1ccc(C(C)SC2=Nc3ccccc3C2)o1. The van der Waals surface area contributed by atoms with E-state index in [1.165, 1.54) is 12.7 Å². The Morgan fingerprint density at radius 3 is 2.90 bits per heavy atom. The molecule has 1 atom stereocenters. The van der Waals surface area contributed by atoms with E-state index < -0.39 is 5.97 Å². The molecule has 108 valence electrons. The molecule has 3 rings (SSSR count). The van der Waals surface area contributed by atoms with Crippen LogP contribution in [0.2, 0.25) is 0 Å². The van der Waals surface area contributed by atoms with Gasteiger partial charge in [-0.15, -0.1) is 0 Å². The summed E-state index contributed by atoms with van der Waals surface area (Å²) in [5.74, 6) is 0.528. The summed E-state index contributed by atoms with van der Waals surface area (Å²) in [5.41, 5.74) is 2.30. The van der Waals surface area contributed by atoms with Crippen molar-refractivity contribution in [3.05, 3.63) is 53.5 Å². The number of benzene rings is 1. The van der Waals surface area contributed by atoms with Gasteiger partial charge in [-0.05, 0) is 30.7 Å². The average molecular weight is 301 g/mol. The molecule has 0 bridgehead atoms. The number of methoxy groups -OCH3 is 1. The van der Waals surface area contributed by atoms with E-state index in [1.54, 1.807) is 17.8 Å². The second-order valence-electron chi connectivity index (χ2n) is 4.76. The number of nitrogens with zero attached hydrogens (tertiary/aromatic N) is 1. The smallest absolute Gasteiger partial charge is 0.373 e. The molecule has 2 heterocycles. The molecular weight excluding hydrogens is 286 g/mol. The largest absolute Gasteiger partial charge is 0.463 e. The van der Waals surface area contributed by atoms with E-state index in [9.17, 15) is 4.79 Å². The number of aliphatic imine (C=N–C) groups is 1. The van der Waals surface area contributed by atoms with E-state index in [4.69, 9.17) is 4.42 Å². The van der Waals surface area contributed by atoms with Gasteiger partial charge in [0.1, 0.15) is 5.76 Å². The molecule has 1 unspecified atom stereocenters. The number of hydrogen-bond donors (Lipinski definition) is 0. The first kappa shape index (κ1) is 13.9. The lowest BCUT2D eigenvalue weighted by molar-refractivity contribution is 0.0563. The number of thioether (sulfide) groups is 1. The first-order valence-electron chi connectivity index (χ1n) is 6.67. The van der Waals surface area contributed by atoms with Gasteiger partial charge in [0.2, 0.25) is 5.76 Å². The fourth-order valence-electron chi connectivity index (χ4n) is 2.22. The van der Waals surface area contributed by atoms with Gasteiger partial charge in [-0.3, -0.25) is 0 Å². The average Bonchev–Trinajstić information content (AvgIpc) is 3.12. The van der Waals surface area contributed by atoms with Crippen LogP contribution in [0.3, 0.4) is 0 Å². The summed E-state index contributed by atoms with van der Waals surface area (Å²) >= 11 is 1.65. The van der Waals surface area contributed by atoms with Gasteiger partial charge in [0.15, 0.2) is 0 Å². The minimum atomic E-state index is -0.455. The summed E-state index contributed by atoms with van der Waals surface area (Å²) in [7, 11) is 1.34. The predicted molar refractivity (Wildman–Crippen MR) is 83.3 cm³/mol. The molecule has 1 aliphatic rings. The first-order valence-corrected chi connectivity index (χ1v) is 7.55. The fraction of sp³-hybridized carbons (Fsp3) is 0.250. The van der Waals surface area contributed by atoms with E-state index in [2.05, 4.69) is 15.8 Å². The molecule has 1 aliphatic heterocycles. The molecule has 0 amide bonds. The summed E-state index contributed by atoms with van der Waals surface area (Å²) in [6.45, 7) is 2.04. The summed E-state index contributed by atoms with van der Waals surface area (Å²) in [6, 6.07) is 11.6. The molecule has 21 heavy (non-hydrogen) atoms. The van der Waals surface area contributed by atoms with Crippen molar-refractivity contribution in [2.45, 2.75) is 18.6 Å². The second kappa shape index (κ2) is 5.77. The van der Waals surface area contributed by atoms with Crippen molar-refractivity contribution in [3.8, 4) is 0 Å². The molecule has 0 fully saturated rings. The Kier molecular flexibility index (Phi) is 3.84. The molecule has 2 aromatic rings. The van der Waals surface area contributed by atoms with Gasteiger partial charge >= 0.3 is 5.97 Å². The number of hydrogen-bond acceptors (Lipinski definition) is 5. The Morgan fingerprint density at radius 2 is 2.14 bits per heavy atom. The zero-order valence-corrected chi connectivity index (χ0v) is 12.6. The van der Waals surface area contributed by atoms with E-state index in [1.807, 2.05) is 31.2 Å². The van der Waals surface area contributed by atoms with Crippen molar-refractivity contribution < 1.29 is 13.9 Å². The van der Waals surface area contributed by atoms with Crippen molar-refractivity contribution in [2.24, 2.45) is 4.99 Å². The van der Waals surface area contributed by atoms with Crippen LogP contribution in [0.4, 0.5) is 5.69 Å². The number of rotatable bonds is 3. The van der Waals surface area contributed by atoms with Gasteiger partial charge in [-0.25, -0.2) is 9.79 Å². The lowest BCUT2D eigenvalue weighted by Crippen LogP contribution is -1.99. The van der Waals surface area contributed by atoms with Crippen LogP contribution in [-0.2, 0) is 11.2 Å². The van der Waals surface area contributed by atoms with Gasteiger partial charge in [0.05, 0.1) is 23.1 Å². The van der Waals surface area contributed by atoms with Crippen LogP contribution in [0.1, 0.15) is 34.1 Å². The van der Waals surface area contributed by atoms with E-state index in [-0.39, 0.29) is 11.0 Å². The highest BCUT2D eigenvalue weighted by Gasteiger charge is 2.20. The molecule has 5 heteroatoms. The highest BCUT2D eigenvalue weighted by molar-refractivity contribution is 8.14. The van der Waals surface area contributed by atoms with Crippen LogP contribution in [0, 0.1) is 0 Å².